The second kappa shape index (κ2) is 4.02. The summed E-state index contributed by atoms with van der Waals surface area (Å²) in [4.78, 5) is 0. The minimum atomic E-state index is 0.888. The maximum absolute atomic E-state index is 5.49. The molecule has 58 valence electrons. The third-order valence-electron chi connectivity index (χ3n) is 2.71. The van der Waals surface area contributed by atoms with Crippen molar-refractivity contribution >= 4 is 7.85 Å². The van der Waals surface area contributed by atoms with Gasteiger partial charge in [-0.05, 0) is 18.9 Å². The van der Waals surface area contributed by atoms with Crippen LogP contribution in [-0.4, -0.2) is 14.4 Å². The molecule has 10 heavy (non-hydrogen) atoms. The largest absolute Gasteiger partial charge is 0.330 e. The Hall–Kier alpha value is 0.0249. The molecule has 1 saturated carbocycles. The Morgan fingerprint density at radius 1 is 1.20 bits per heavy atom. The molecule has 0 radical (unpaired) electrons. The Balaban J connectivity index is 2.13. The molecular formula is C8H18BN. The van der Waals surface area contributed by atoms with Gasteiger partial charge in [-0.15, -0.1) is 0 Å². The van der Waals surface area contributed by atoms with Crippen LogP contribution in [0.25, 0.3) is 0 Å². The van der Waals surface area contributed by atoms with E-state index in [-0.39, 0.29) is 0 Å². The highest BCUT2D eigenvalue weighted by atomic mass is 14.5. The highest BCUT2D eigenvalue weighted by Crippen LogP contribution is 2.31. The Morgan fingerprint density at radius 3 is 2.30 bits per heavy atom. The lowest BCUT2D eigenvalue weighted by Crippen LogP contribution is -2.14. The van der Waals surface area contributed by atoms with E-state index < -0.39 is 0 Å². The smallest absolute Gasteiger partial charge is 0.105 e. The van der Waals surface area contributed by atoms with Crippen LogP contribution in [0.1, 0.15) is 32.1 Å². The lowest BCUT2D eigenvalue weighted by Gasteiger charge is -2.25. The van der Waals surface area contributed by atoms with E-state index in [9.17, 15) is 0 Å². The summed E-state index contributed by atoms with van der Waals surface area (Å²) in [7, 11) is 2.36. The Kier molecular flexibility index (Phi) is 3.27. The normalized spacial score (nSPS) is 34.1. The van der Waals surface area contributed by atoms with Crippen LogP contribution in [-0.2, 0) is 0 Å². The number of hydrogen-bond donors (Lipinski definition) is 1. The van der Waals surface area contributed by atoms with Gasteiger partial charge >= 0.3 is 0 Å². The fraction of sp³-hybridized carbons (Fsp3) is 1.00. The van der Waals surface area contributed by atoms with Crippen LogP contribution in [0.15, 0.2) is 0 Å². The Bertz CT molecular complexity index is 87.3. The maximum atomic E-state index is 5.49. The van der Waals surface area contributed by atoms with Gasteiger partial charge in [0, 0.05) is 0 Å². The van der Waals surface area contributed by atoms with Gasteiger partial charge in [0.25, 0.3) is 0 Å². The molecule has 0 bridgehead atoms. The third kappa shape index (κ3) is 2.33. The fourth-order valence-corrected chi connectivity index (χ4v) is 1.85. The van der Waals surface area contributed by atoms with Gasteiger partial charge < -0.3 is 5.73 Å². The molecular weight excluding hydrogens is 121 g/mol. The Morgan fingerprint density at radius 2 is 1.80 bits per heavy atom. The van der Waals surface area contributed by atoms with Crippen molar-refractivity contribution in [3.8, 4) is 0 Å². The molecule has 0 unspecified atom stereocenters. The second-order valence-electron chi connectivity index (χ2n) is 3.70. The van der Waals surface area contributed by atoms with Gasteiger partial charge in [0.2, 0.25) is 0 Å². The van der Waals surface area contributed by atoms with Crippen molar-refractivity contribution in [1.82, 2.24) is 0 Å². The van der Waals surface area contributed by atoms with Gasteiger partial charge in [0.1, 0.15) is 7.85 Å². The molecule has 1 nitrogen and oxygen atoms in total. The minimum absolute atomic E-state index is 0.888. The summed E-state index contributed by atoms with van der Waals surface area (Å²) >= 11 is 0. The molecule has 1 fully saturated rings. The zero-order valence-corrected chi connectivity index (χ0v) is 6.97. The zero-order valence-electron chi connectivity index (χ0n) is 6.97. The third-order valence-corrected chi connectivity index (χ3v) is 2.71. The molecule has 2 N–H and O–H groups in total. The van der Waals surface area contributed by atoms with Crippen molar-refractivity contribution in [1.29, 1.82) is 0 Å². The Labute approximate surface area is 64.8 Å². The van der Waals surface area contributed by atoms with Crippen LogP contribution in [0.4, 0.5) is 0 Å². The first-order valence-electron chi connectivity index (χ1n) is 4.53. The van der Waals surface area contributed by atoms with E-state index in [1.54, 1.807) is 0 Å². The van der Waals surface area contributed by atoms with E-state index in [0.717, 1.165) is 18.3 Å². The first-order chi connectivity index (χ1) is 4.83. The van der Waals surface area contributed by atoms with Gasteiger partial charge in [0.15, 0.2) is 0 Å². The van der Waals surface area contributed by atoms with Crippen molar-refractivity contribution in [3.05, 3.63) is 0 Å². The molecule has 1 aliphatic rings. The lowest BCUT2D eigenvalue weighted by atomic mass is 9.71. The van der Waals surface area contributed by atoms with Gasteiger partial charge in [-0.1, -0.05) is 31.5 Å². The van der Waals surface area contributed by atoms with E-state index in [2.05, 4.69) is 7.85 Å². The molecule has 1 rings (SSSR count). The van der Waals surface area contributed by atoms with Gasteiger partial charge in [-0.25, -0.2) is 0 Å². The monoisotopic (exact) mass is 139 g/mol. The molecule has 0 heterocycles. The van der Waals surface area contributed by atoms with Crippen LogP contribution >= 0.6 is 0 Å². The van der Waals surface area contributed by atoms with Crippen molar-refractivity contribution in [2.45, 2.75) is 37.9 Å². The predicted molar refractivity (Wildman–Crippen MR) is 47.9 cm³/mol. The summed E-state index contributed by atoms with van der Waals surface area (Å²) < 4.78 is 0. The SMILES string of the molecule is BC1CCC(CCN)CC1. The standard InChI is InChI=1S/C8H18BN/c9-8-3-1-7(2-4-8)5-6-10/h7-8H,1-6,9-10H2. The number of nitrogens with two attached hydrogens (primary N) is 1. The summed E-state index contributed by atoms with van der Waals surface area (Å²) in [5.41, 5.74) is 5.49. The van der Waals surface area contributed by atoms with Crippen molar-refractivity contribution in [3.63, 3.8) is 0 Å². The average Bonchev–Trinajstić information content (AvgIpc) is 1.95. The van der Waals surface area contributed by atoms with Gasteiger partial charge in [0.05, 0.1) is 0 Å². The summed E-state index contributed by atoms with van der Waals surface area (Å²) in [6.07, 6.45) is 6.98. The van der Waals surface area contributed by atoms with Crippen LogP contribution < -0.4 is 5.73 Å². The van der Waals surface area contributed by atoms with E-state index in [1.807, 2.05) is 0 Å². The van der Waals surface area contributed by atoms with Crippen LogP contribution in [0.2, 0.25) is 5.82 Å². The molecule has 0 aromatic carbocycles. The fourth-order valence-electron chi connectivity index (χ4n) is 1.85. The molecule has 0 aromatic rings. The minimum Gasteiger partial charge on any atom is -0.330 e. The van der Waals surface area contributed by atoms with Crippen molar-refractivity contribution < 1.29 is 0 Å². The van der Waals surface area contributed by atoms with E-state index in [1.165, 1.54) is 32.1 Å². The van der Waals surface area contributed by atoms with Crippen molar-refractivity contribution in [2.24, 2.45) is 11.7 Å². The van der Waals surface area contributed by atoms with Gasteiger partial charge in [-0.2, -0.15) is 0 Å². The molecule has 0 aliphatic heterocycles. The molecule has 0 spiro atoms. The summed E-state index contributed by atoms with van der Waals surface area (Å²) in [5.74, 6) is 1.94. The summed E-state index contributed by atoms with van der Waals surface area (Å²) in [5, 5.41) is 0. The van der Waals surface area contributed by atoms with Crippen LogP contribution in [0.3, 0.4) is 0 Å². The number of rotatable bonds is 2. The molecule has 2 heteroatoms. The van der Waals surface area contributed by atoms with Crippen molar-refractivity contribution in [2.75, 3.05) is 6.54 Å². The molecule has 0 aromatic heterocycles. The van der Waals surface area contributed by atoms with E-state index in [0.29, 0.717) is 0 Å². The molecule has 0 amide bonds. The lowest BCUT2D eigenvalue weighted by molar-refractivity contribution is 0.343. The average molecular weight is 139 g/mol. The predicted octanol–water partition coefficient (Wildman–Crippen LogP) is 0.947. The molecule has 0 atom stereocenters. The summed E-state index contributed by atoms with van der Waals surface area (Å²) in [6, 6.07) is 0. The first kappa shape index (κ1) is 8.12. The van der Waals surface area contributed by atoms with E-state index >= 15 is 0 Å². The highest BCUT2D eigenvalue weighted by Gasteiger charge is 2.16. The first-order valence-corrected chi connectivity index (χ1v) is 4.53. The number of hydrogen-bond acceptors (Lipinski definition) is 1. The molecule has 1 aliphatic carbocycles. The van der Waals surface area contributed by atoms with Crippen LogP contribution in [0, 0.1) is 5.92 Å². The second-order valence-corrected chi connectivity index (χ2v) is 3.70. The molecule has 0 saturated heterocycles. The van der Waals surface area contributed by atoms with E-state index in [4.69, 9.17) is 5.73 Å². The van der Waals surface area contributed by atoms with Crippen LogP contribution in [0.5, 0.6) is 0 Å². The maximum Gasteiger partial charge on any atom is 0.105 e. The quantitative estimate of drug-likeness (QED) is 0.566. The zero-order chi connectivity index (χ0) is 7.40. The topological polar surface area (TPSA) is 26.0 Å². The van der Waals surface area contributed by atoms with Gasteiger partial charge in [-0.3, -0.25) is 0 Å². The highest BCUT2D eigenvalue weighted by molar-refractivity contribution is 6.11. The summed E-state index contributed by atoms with van der Waals surface area (Å²) in [6.45, 7) is 0.888.